The first kappa shape index (κ1) is 18.6. The topological polar surface area (TPSA) is 62.2 Å². The lowest BCUT2D eigenvalue weighted by atomic mass is 9.89. The van der Waals surface area contributed by atoms with Crippen LogP contribution in [0.15, 0.2) is 48.5 Å². The van der Waals surface area contributed by atoms with Gasteiger partial charge in [0.1, 0.15) is 17.6 Å². The Balaban J connectivity index is 1.29. The van der Waals surface area contributed by atoms with Gasteiger partial charge in [-0.15, -0.1) is 0 Å². The van der Waals surface area contributed by atoms with Crippen molar-refractivity contribution < 1.29 is 19.4 Å². The average Bonchev–Trinajstić information content (AvgIpc) is 3.09. The van der Waals surface area contributed by atoms with E-state index < -0.39 is 0 Å². The van der Waals surface area contributed by atoms with Crippen molar-refractivity contribution in [2.45, 2.75) is 24.9 Å². The summed E-state index contributed by atoms with van der Waals surface area (Å²) in [6.45, 7) is 3.31. The van der Waals surface area contributed by atoms with E-state index in [0.717, 1.165) is 43.9 Å². The Morgan fingerprint density at radius 2 is 1.75 bits per heavy atom. The van der Waals surface area contributed by atoms with E-state index in [-0.39, 0.29) is 17.9 Å². The highest BCUT2D eigenvalue weighted by atomic mass is 16.6. The SMILES string of the molecule is COc1ccc(C2CCN(CC3CN(c4ccc(O)cc4)C(=O)O3)CC2)cc1. The molecule has 2 aromatic carbocycles. The number of rotatable bonds is 5. The number of amides is 1. The molecule has 2 saturated heterocycles. The fourth-order valence-corrected chi connectivity index (χ4v) is 4.07. The van der Waals surface area contributed by atoms with Gasteiger partial charge in [-0.05, 0) is 73.8 Å². The first-order valence-corrected chi connectivity index (χ1v) is 9.76. The van der Waals surface area contributed by atoms with Crippen molar-refractivity contribution in [1.29, 1.82) is 0 Å². The van der Waals surface area contributed by atoms with Gasteiger partial charge in [-0.1, -0.05) is 12.1 Å². The zero-order valence-corrected chi connectivity index (χ0v) is 16.1. The molecular formula is C22H26N2O4. The molecule has 2 aliphatic rings. The molecule has 0 aromatic heterocycles. The highest BCUT2D eigenvalue weighted by Gasteiger charge is 2.34. The van der Waals surface area contributed by atoms with Crippen molar-refractivity contribution in [3.05, 3.63) is 54.1 Å². The number of hydrogen-bond donors (Lipinski definition) is 1. The second-order valence-electron chi connectivity index (χ2n) is 7.48. The normalized spacial score (nSPS) is 21.0. The van der Waals surface area contributed by atoms with Crippen LogP contribution in [0.4, 0.5) is 10.5 Å². The molecule has 1 unspecified atom stereocenters. The monoisotopic (exact) mass is 382 g/mol. The van der Waals surface area contributed by atoms with Gasteiger partial charge in [0, 0.05) is 12.2 Å². The molecular weight excluding hydrogens is 356 g/mol. The number of aromatic hydroxyl groups is 1. The largest absolute Gasteiger partial charge is 0.508 e. The molecule has 2 fully saturated rings. The molecule has 0 aliphatic carbocycles. The Labute approximate surface area is 165 Å². The number of carbonyl (C=O) groups excluding carboxylic acids is 1. The molecule has 28 heavy (non-hydrogen) atoms. The maximum absolute atomic E-state index is 12.2. The lowest BCUT2D eigenvalue weighted by Crippen LogP contribution is -2.39. The van der Waals surface area contributed by atoms with Crippen LogP contribution in [0.2, 0.25) is 0 Å². The number of cyclic esters (lactones) is 1. The van der Waals surface area contributed by atoms with E-state index >= 15 is 0 Å². The van der Waals surface area contributed by atoms with Crippen molar-refractivity contribution >= 4 is 11.8 Å². The Bertz CT molecular complexity index is 798. The molecule has 2 heterocycles. The Morgan fingerprint density at radius 1 is 1.07 bits per heavy atom. The van der Waals surface area contributed by atoms with E-state index in [9.17, 15) is 9.90 Å². The molecule has 148 valence electrons. The van der Waals surface area contributed by atoms with Gasteiger partial charge in [0.25, 0.3) is 0 Å². The zero-order chi connectivity index (χ0) is 19.5. The predicted octanol–water partition coefficient (Wildman–Crippen LogP) is 3.61. The molecule has 1 N–H and O–H groups in total. The van der Waals surface area contributed by atoms with E-state index in [4.69, 9.17) is 9.47 Å². The van der Waals surface area contributed by atoms with Gasteiger partial charge >= 0.3 is 6.09 Å². The number of benzene rings is 2. The van der Waals surface area contributed by atoms with Crippen LogP contribution in [0.3, 0.4) is 0 Å². The van der Waals surface area contributed by atoms with E-state index in [1.165, 1.54) is 5.56 Å². The van der Waals surface area contributed by atoms with Gasteiger partial charge in [-0.25, -0.2) is 4.79 Å². The molecule has 1 atom stereocenters. The van der Waals surface area contributed by atoms with E-state index in [1.807, 2.05) is 12.1 Å². The Morgan fingerprint density at radius 3 is 2.39 bits per heavy atom. The molecule has 0 bridgehead atoms. The highest BCUT2D eigenvalue weighted by Crippen LogP contribution is 2.30. The molecule has 2 aliphatic heterocycles. The van der Waals surface area contributed by atoms with Crippen LogP contribution in [-0.4, -0.2) is 55.5 Å². The van der Waals surface area contributed by atoms with Crippen LogP contribution >= 0.6 is 0 Å². The number of hydrogen-bond acceptors (Lipinski definition) is 5. The van der Waals surface area contributed by atoms with Crippen LogP contribution in [0.5, 0.6) is 11.5 Å². The number of phenols is 1. The van der Waals surface area contributed by atoms with Crippen molar-refractivity contribution in [3.8, 4) is 11.5 Å². The lowest BCUT2D eigenvalue weighted by molar-refractivity contribution is 0.0976. The second kappa shape index (κ2) is 8.10. The number of ether oxygens (including phenoxy) is 2. The van der Waals surface area contributed by atoms with Crippen molar-refractivity contribution in [2.75, 3.05) is 38.2 Å². The van der Waals surface area contributed by atoms with Gasteiger partial charge in [-0.2, -0.15) is 0 Å². The summed E-state index contributed by atoms with van der Waals surface area (Å²) in [5, 5.41) is 9.42. The second-order valence-corrected chi connectivity index (χ2v) is 7.48. The molecule has 6 nitrogen and oxygen atoms in total. The van der Waals surface area contributed by atoms with Crippen molar-refractivity contribution in [3.63, 3.8) is 0 Å². The molecule has 6 heteroatoms. The first-order valence-electron chi connectivity index (χ1n) is 9.76. The summed E-state index contributed by atoms with van der Waals surface area (Å²) in [5.41, 5.74) is 2.12. The van der Waals surface area contributed by atoms with E-state index in [2.05, 4.69) is 17.0 Å². The number of phenolic OH excluding ortho intramolecular Hbond substituents is 1. The van der Waals surface area contributed by atoms with Crippen LogP contribution in [0.25, 0.3) is 0 Å². The van der Waals surface area contributed by atoms with Gasteiger partial charge in [0.05, 0.1) is 13.7 Å². The Kier molecular flexibility index (Phi) is 5.39. The van der Waals surface area contributed by atoms with Gasteiger partial charge in [0.15, 0.2) is 0 Å². The molecule has 0 radical (unpaired) electrons. The molecule has 0 saturated carbocycles. The minimum absolute atomic E-state index is 0.126. The Hall–Kier alpha value is -2.73. The maximum Gasteiger partial charge on any atom is 0.414 e. The average molecular weight is 382 g/mol. The van der Waals surface area contributed by atoms with E-state index in [1.54, 1.807) is 36.3 Å². The molecule has 4 rings (SSSR count). The van der Waals surface area contributed by atoms with Crippen LogP contribution in [-0.2, 0) is 4.74 Å². The van der Waals surface area contributed by atoms with Crippen molar-refractivity contribution in [2.24, 2.45) is 0 Å². The predicted molar refractivity (Wildman–Crippen MR) is 107 cm³/mol. The summed E-state index contributed by atoms with van der Waals surface area (Å²) in [7, 11) is 1.69. The fraction of sp³-hybridized carbons (Fsp3) is 0.409. The quantitative estimate of drug-likeness (QED) is 0.856. The summed E-state index contributed by atoms with van der Waals surface area (Å²) < 4.78 is 10.8. The van der Waals surface area contributed by atoms with Crippen LogP contribution in [0.1, 0.15) is 24.3 Å². The third-order valence-corrected chi connectivity index (χ3v) is 5.67. The molecule has 2 aromatic rings. The third kappa shape index (κ3) is 4.07. The summed E-state index contributed by atoms with van der Waals surface area (Å²) in [5.74, 6) is 1.65. The minimum Gasteiger partial charge on any atom is -0.508 e. The number of methoxy groups -OCH3 is 1. The number of carbonyl (C=O) groups is 1. The number of piperidine rings is 1. The maximum atomic E-state index is 12.2. The molecule has 0 spiro atoms. The molecule has 1 amide bonds. The summed E-state index contributed by atoms with van der Waals surface area (Å²) in [6, 6.07) is 15.0. The fourth-order valence-electron chi connectivity index (χ4n) is 4.07. The zero-order valence-electron chi connectivity index (χ0n) is 16.1. The van der Waals surface area contributed by atoms with Crippen molar-refractivity contribution in [1.82, 2.24) is 4.90 Å². The first-order chi connectivity index (χ1) is 13.6. The van der Waals surface area contributed by atoms with Crippen LogP contribution < -0.4 is 9.64 Å². The standard InChI is InChI=1S/C22H26N2O4/c1-27-20-8-2-16(3-9-20)17-10-12-23(13-11-17)14-21-15-24(22(26)28-21)18-4-6-19(25)7-5-18/h2-9,17,21,25H,10-15H2,1H3. The van der Waals surface area contributed by atoms with E-state index in [0.29, 0.717) is 12.5 Å². The smallest absolute Gasteiger partial charge is 0.414 e. The van der Waals surface area contributed by atoms with Crippen LogP contribution in [0, 0.1) is 0 Å². The van der Waals surface area contributed by atoms with Gasteiger partial charge in [-0.3, -0.25) is 9.80 Å². The third-order valence-electron chi connectivity index (χ3n) is 5.67. The van der Waals surface area contributed by atoms with Gasteiger partial charge < -0.3 is 14.6 Å². The minimum atomic E-state index is -0.316. The van der Waals surface area contributed by atoms with Gasteiger partial charge in [0.2, 0.25) is 0 Å². The lowest BCUT2D eigenvalue weighted by Gasteiger charge is -2.33. The highest BCUT2D eigenvalue weighted by molar-refractivity contribution is 5.89. The number of likely N-dealkylation sites (tertiary alicyclic amines) is 1. The summed E-state index contributed by atoms with van der Waals surface area (Å²) in [6.07, 6.45) is 1.77. The summed E-state index contributed by atoms with van der Waals surface area (Å²) in [4.78, 5) is 16.2. The number of anilines is 1. The summed E-state index contributed by atoms with van der Waals surface area (Å²) >= 11 is 0. The number of nitrogens with zero attached hydrogens (tertiary/aromatic N) is 2.